The van der Waals surface area contributed by atoms with Crippen LogP contribution in [0.1, 0.15) is 57.8 Å². The zero-order valence-electron chi connectivity index (χ0n) is 11.4. The van der Waals surface area contributed by atoms with E-state index < -0.39 is 0 Å². The van der Waals surface area contributed by atoms with Crippen molar-refractivity contribution in [3.63, 3.8) is 0 Å². The largest absolute Gasteiger partial charge is 0.374 e. The van der Waals surface area contributed by atoms with E-state index in [4.69, 9.17) is 4.74 Å². The summed E-state index contributed by atoms with van der Waals surface area (Å²) in [4.78, 5) is 9.98. The molecule has 0 aliphatic carbocycles. The second-order valence-electron chi connectivity index (χ2n) is 4.53. The first kappa shape index (κ1) is 16.6. The van der Waals surface area contributed by atoms with E-state index >= 15 is 0 Å². The molecule has 0 atom stereocenters. The molecule has 0 aromatic rings. The number of carbonyl (C=O) groups excluding carboxylic acids is 1. The van der Waals surface area contributed by atoms with Gasteiger partial charge in [0.15, 0.2) is 0 Å². The van der Waals surface area contributed by atoms with Crippen LogP contribution in [0.3, 0.4) is 0 Å². The Morgan fingerprint density at radius 3 is 1.94 bits per heavy atom. The fourth-order valence-corrected chi connectivity index (χ4v) is 1.87. The van der Waals surface area contributed by atoms with Gasteiger partial charge in [-0.2, -0.15) is 0 Å². The van der Waals surface area contributed by atoms with Crippen molar-refractivity contribution in [3.05, 3.63) is 0 Å². The quantitative estimate of drug-likeness (QED) is 0.376. The second kappa shape index (κ2) is 15.6. The molecule has 0 heterocycles. The maximum atomic E-state index is 9.98. The van der Waals surface area contributed by atoms with Crippen LogP contribution in [0.4, 0.5) is 0 Å². The third-order valence-corrected chi connectivity index (χ3v) is 2.90. The lowest BCUT2D eigenvalue weighted by atomic mass is 10.1. The maximum absolute atomic E-state index is 9.98. The molecule has 0 rings (SSSR count). The summed E-state index contributed by atoms with van der Waals surface area (Å²) < 4.78 is 5.09. The summed E-state index contributed by atoms with van der Waals surface area (Å²) in [6.45, 7) is 2.15. The molecule has 1 N–H and O–H groups in total. The fourth-order valence-electron chi connectivity index (χ4n) is 1.87. The minimum atomic E-state index is 0.257. The van der Waals surface area contributed by atoms with E-state index in [-0.39, 0.29) is 6.61 Å². The van der Waals surface area contributed by atoms with Gasteiger partial charge in [-0.15, -0.1) is 0 Å². The molecule has 0 spiro atoms. The predicted octanol–water partition coefficient (Wildman–Crippen LogP) is 2.93. The fraction of sp³-hybridized carbons (Fsp3) is 0.929. The Hall–Kier alpha value is -0.410. The van der Waals surface area contributed by atoms with Crippen LogP contribution in [-0.2, 0) is 9.53 Å². The van der Waals surface area contributed by atoms with Crippen LogP contribution < -0.4 is 5.32 Å². The lowest BCUT2D eigenvalue weighted by Gasteiger charge is -2.02. The average Bonchev–Trinajstić information content (AvgIpc) is 2.35. The molecule has 0 unspecified atom stereocenters. The molecule has 0 aromatic heterocycles. The molecule has 0 saturated carbocycles. The van der Waals surface area contributed by atoms with Gasteiger partial charge in [-0.3, -0.25) is 0 Å². The molecule has 0 amide bonds. The highest BCUT2D eigenvalue weighted by molar-refractivity contribution is 5.50. The molecule has 0 bridgehead atoms. The third-order valence-electron chi connectivity index (χ3n) is 2.90. The van der Waals surface area contributed by atoms with Gasteiger partial charge in [0.05, 0.1) is 0 Å². The van der Waals surface area contributed by atoms with Gasteiger partial charge in [-0.05, 0) is 26.4 Å². The Morgan fingerprint density at radius 1 is 0.882 bits per heavy atom. The highest BCUT2D eigenvalue weighted by Crippen LogP contribution is 2.09. The minimum absolute atomic E-state index is 0.257. The van der Waals surface area contributed by atoms with E-state index in [9.17, 15) is 4.79 Å². The number of carbonyl (C=O) groups is 1. The van der Waals surface area contributed by atoms with Crippen molar-refractivity contribution >= 4 is 6.29 Å². The van der Waals surface area contributed by atoms with Crippen molar-refractivity contribution in [2.45, 2.75) is 57.8 Å². The zero-order chi connectivity index (χ0) is 12.6. The number of hydrogen-bond donors (Lipinski definition) is 1. The molecule has 3 nitrogen and oxygen atoms in total. The number of hydrogen-bond acceptors (Lipinski definition) is 3. The van der Waals surface area contributed by atoms with E-state index in [1.54, 1.807) is 0 Å². The number of unbranched alkanes of at least 4 members (excludes halogenated alkanes) is 8. The van der Waals surface area contributed by atoms with Gasteiger partial charge >= 0.3 is 0 Å². The van der Waals surface area contributed by atoms with Crippen LogP contribution in [0.2, 0.25) is 0 Å². The van der Waals surface area contributed by atoms with Gasteiger partial charge in [0.1, 0.15) is 12.9 Å². The first-order valence-electron chi connectivity index (χ1n) is 7.07. The van der Waals surface area contributed by atoms with Gasteiger partial charge in [0.2, 0.25) is 0 Å². The second-order valence-corrected chi connectivity index (χ2v) is 4.53. The minimum Gasteiger partial charge on any atom is -0.374 e. The van der Waals surface area contributed by atoms with E-state index in [2.05, 4.69) is 5.32 Å². The standard InChI is InChI=1S/C14H29NO2/c1-15-11-9-7-5-3-2-4-6-8-10-13-17-14-12-16/h12,15H,2-11,13-14H2,1H3. The van der Waals surface area contributed by atoms with Crippen LogP contribution in [0.15, 0.2) is 0 Å². The van der Waals surface area contributed by atoms with Crippen molar-refractivity contribution in [2.75, 3.05) is 26.8 Å². The Kier molecular flexibility index (Phi) is 15.2. The molecule has 0 aliphatic heterocycles. The molecular formula is C14H29NO2. The topological polar surface area (TPSA) is 38.3 Å². The Balaban J connectivity index is 2.87. The average molecular weight is 243 g/mol. The highest BCUT2D eigenvalue weighted by atomic mass is 16.5. The van der Waals surface area contributed by atoms with E-state index in [0.29, 0.717) is 0 Å². The Labute approximate surface area is 106 Å². The normalized spacial score (nSPS) is 10.6. The Morgan fingerprint density at radius 2 is 1.41 bits per heavy atom. The van der Waals surface area contributed by atoms with Crippen LogP contribution in [0.25, 0.3) is 0 Å². The van der Waals surface area contributed by atoms with Gasteiger partial charge in [0, 0.05) is 6.61 Å². The molecule has 0 radical (unpaired) electrons. The van der Waals surface area contributed by atoms with Gasteiger partial charge in [0.25, 0.3) is 0 Å². The number of nitrogens with one attached hydrogen (secondary N) is 1. The third kappa shape index (κ3) is 15.6. The van der Waals surface area contributed by atoms with Crippen LogP contribution in [0, 0.1) is 0 Å². The molecule has 3 heteroatoms. The molecular weight excluding hydrogens is 214 g/mol. The summed E-state index contributed by atoms with van der Waals surface area (Å²) in [5, 5.41) is 3.17. The first-order valence-corrected chi connectivity index (χ1v) is 7.07. The molecule has 0 fully saturated rings. The van der Waals surface area contributed by atoms with Crippen molar-refractivity contribution in [2.24, 2.45) is 0 Å². The Bertz CT molecular complexity index is 151. The zero-order valence-corrected chi connectivity index (χ0v) is 11.4. The highest BCUT2D eigenvalue weighted by Gasteiger charge is 1.93. The lowest BCUT2D eigenvalue weighted by molar-refractivity contribution is -0.111. The smallest absolute Gasteiger partial charge is 0.145 e. The number of ether oxygens (including phenoxy) is 1. The molecule has 17 heavy (non-hydrogen) atoms. The van der Waals surface area contributed by atoms with Crippen LogP contribution >= 0.6 is 0 Å². The number of aldehydes is 1. The van der Waals surface area contributed by atoms with Crippen molar-refractivity contribution in [3.8, 4) is 0 Å². The van der Waals surface area contributed by atoms with Crippen LogP contribution in [0.5, 0.6) is 0 Å². The first-order chi connectivity index (χ1) is 8.41. The molecule has 0 saturated heterocycles. The monoisotopic (exact) mass is 243 g/mol. The molecule has 0 aromatic carbocycles. The van der Waals surface area contributed by atoms with Crippen molar-refractivity contribution in [1.82, 2.24) is 5.32 Å². The summed E-state index contributed by atoms with van der Waals surface area (Å²) in [5.74, 6) is 0. The molecule has 102 valence electrons. The lowest BCUT2D eigenvalue weighted by Crippen LogP contribution is -2.06. The molecule has 0 aliphatic rings. The van der Waals surface area contributed by atoms with E-state index in [1.807, 2.05) is 7.05 Å². The number of rotatable bonds is 14. The van der Waals surface area contributed by atoms with Gasteiger partial charge in [-0.1, -0.05) is 44.9 Å². The SMILES string of the molecule is CNCCCCCCCCCCCOCC=O. The summed E-state index contributed by atoms with van der Waals surface area (Å²) in [5.41, 5.74) is 0. The van der Waals surface area contributed by atoms with E-state index in [1.165, 1.54) is 51.4 Å². The van der Waals surface area contributed by atoms with Gasteiger partial charge in [-0.25, -0.2) is 0 Å². The van der Waals surface area contributed by atoms with Crippen molar-refractivity contribution in [1.29, 1.82) is 0 Å². The summed E-state index contributed by atoms with van der Waals surface area (Å²) >= 11 is 0. The predicted molar refractivity (Wildman–Crippen MR) is 72.4 cm³/mol. The van der Waals surface area contributed by atoms with Gasteiger partial charge < -0.3 is 14.8 Å². The summed E-state index contributed by atoms with van der Waals surface area (Å²) in [6, 6.07) is 0. The van der Waals surface area contributed by atoms with Crippen molar-refractivity contribution < 1.29 is 9.53 Å². The van der Waals surface area contributed by atoms with E-state index in [0.717, 1.165) is 25.9 Å². The maximum Gasteiger partial charge on any atom is 0.145 e. The summed E-state index contributed by atoms with van der Waals surface area (Å²) in [7, 11) is 2.01. The van der Waals surface area contributed by atoms with Crippen LogP contribution in [-0.4, -0.2) is 33.1 Å². The summed E-state index contributed by atoms with van der Waals surface area (Å²) in [6.07, 6.45) is 12.6.